The zero-order valence-corrected chi connectivity index (χ0v) is 14.7. The van der Waals surface area contributed by atoms with E-state index in [-0.39, 0.29) is 24.0 Å². The van der Waals surface area contributed by atoms with Crippen molar-refractivity contribution in [3.63, 3.8) is 0 Å². The molecule has 1 aliphatic rings. The van der Waals surface area contributed by atoms with Crippen molar-refractivity contribution >= 4 is 52.9 Å². The van der Waals surface area contributed by atoms with E-state index in [1.165, 1.54) is 0 Å². The number of nitrogens with one attached hydrogen (secondary N) is 2. The van der Waals surface area contributed by atoms with Gasteiger partial charge in [0.2, 0.25) is 5.91 Å². The number of esters is 1. The number of hydrogen-bond acceptors (Lipinski definition) is 6. The molecule has 2 N–H and O–H groups in total. The minimum Gasteiger partial charge on any atom is -0.455 e. The summed E-state index contributed by atoms with van der Waals surface area (Å²) in [5.41, 5.74) is 0.604. The van der Waals surface area contributed by atoms with Crippen LogP contribution in [-0.4, -0.2) is 59.9 Å². The second-order valence-corrected chi connectivity index (χ2v) is 6.41. The molecule has 1 heterocycles. The number of carbonyl (C=O) groups excluding carboxylic acids is 4. The molecule has 0 aliphatic carbocycles. The van der Waals surface area contributed by atoms with Crippen molar-refractivity contribution in [3.05, 3.63) is 29.3 Å². The monoisotopic (exact) mass is 385 g/mol. The minimum absolute atomic E-state index is 0.0558. The molecule has 0 atom stereocenters. The maximum atomic E-state index is 11.7. The predicted octanol–water partition coefficient (Wildman–Crippen LogP) is 1.11. The molecule has 0 saturated carbocycles. The molecule has 1 saturated heterocycles. The zero-order chi connectivity index (χ0) is 18.2. The van der Waals surface area contributed by atoms with Gasteiger partial charge in [0.25, 0.3) is 5.91 Å². The van der Waals surface area contributed by atoms with Crippen LogP contribution in [0.25, 0.3) is 0 Å². The van der Waals surface area contributed by atoms with Crippen molar-refractivity contribution in [3.8, 4) is 0 Å². The molecule has 0 bridgehead atoms. The Morgan fingerprint density at radius 2 is 1.96 bits per heavy atom. The van der Waals surface area contributed by atoms with Crippen LogP contribution in [0.15, 0.2) is 24.3 Å². The molecule has 134 valence electrons. The van der Waals surface area contributed by atoms with Crippen LogP contribution in [0.5, 0.6) is 0 Å². The Bertz CT molecular complexity index is 668. The average Bonchev–Trinajstić information content (AvgIpc) is 3.01. The van der Waals surface area contributed by atoms with Crippen molar-refractivity contribution in [2.45, 2.75) is 0 Å². The summed E-state index contributed by atoms with van der Waals surface area (Å²) in [7, 11) is 0. The Morgan fingerprint density at radius 1 is 1.24 bits per heavy atom. The average molecular weight is 386 g/mol. The quantitative estimate of drug-likeness (QED) is 0.681. The third-order valence-corrected chi connectivity index (χ3v) is 4.25. The molecular weight excluding hydrogens is 370 g/mol. The topological polar surface area (TPSA) is 105 Å². The first-order chi connectivity index (χ1) is 12.0. The normalized spacial score (nSPS) is 13.3. The number of hydrogen-bond donors (Lipinski definition) is 2. The number of imide groups is 1. The van der Waals surface area contributed by atoms with Crippen molar-refractivity contribution < 1.29 is 23.9 Å². The molecule has 0 radical (unpaired) electrons. The lowest BCUT2D eigenvalue weighted by atomic mass is 10.3. The number of thioether (sulfide) groups is 1. The Morgan fingerprint density at radius 3 is 2.60 bits per heavy atom. The standard InChI is InChI=1S/C15H16ClN3O5S/c16-10-1-3-11(4-2-10)18-12(20)8-25-9-14(22)24-7-13(21)19-6-5-17-15(19)23/h1-4H,5-9H2,(H,17,23)(H,18,20). The molecule has 0 aromatic heterocycles. The summed E-state index contributed by atoms with van der Waals surface area (Å²) in [6.07, 6.45) is 0. The lowest BCUT2D eigenvalue weighted by Gasteiger charge is -2.12. The fourth-order valence-electron chi connectivity index (χ4n) is 1.93. The molecule has 0 spiro atoms. The molecule has 1 aliphatic heterocycles. The number of carbonyl (C=O) groups is 4. The predicted molar refractivity (Wildman–Crippen MR) is 93.5 cm³/mol. The highest BCUT2D eigenvalue weighted by atomic mass is 35.5. The summed E-state index contributed by atoms with van der Waals surface area (Å²) >= 11 is 6.81. The summed E-state index contributed by atoms with van der Waals surface area (Å²) in [5, 5.41) is 5.70. The first-order valence-electron chi connectivity index (χ1n) is 7.32. The molecule has 8 nitrogen and oxygen atoms in total. The molecule has 25 heavy (non-hydrogen) atoms. The van der Waals surface area contributed by atoms with Crippen LogP contribution in [0.3, 0.4) is 0 Å². The summed E-state index contributed by atoms with van der Waals surface area (Å²) in [6.45, 7) is 0.149. The van der Waals surface area contributed by atoms with Crippen LogP contribution < -0.4 is 10.6 Å². The van der Waals surface area contributed by atoms with Crippen molar-refractivity contribution in [1.82, 2.24) is 10.2 Å². The third-order valence-electron chi connectivity index (χ3n) is 3.10. The molecule has 2 rings (SSSR count). The molecular formula is C15H16ClN3O5S. The fourth-order valence-corrected chi connectivity index (χ4v) is 2.66. The van der Waals surface area contributed by atoms with E-state index in [1.807, 2.05) is 0 Å². The number of nitrogens with zero attached hydrogens (tertiary/aromatic N) is 1. The Labute approximate surface area is 153 Å². The van der Waals surface area contributed by atoms with Crippen LogP contribution in [-0.2, 0) is 19.1 Å². The summed E-state index contributed by atoms with van der Waals surface area (Å²) in [5.74, 6) is -1.50. The van der Waals surface area contributed by atoms with Gasteiger partial charge in [-0.2, -0.15) is 0 Å². The lowest BCUT2D eigenvalue weighted by molar-refractivity contribution is -0.148. The van der Waals surface area contributed by atoms with Crippen LogP contribution in [0.4, 0.5) is 10.5 Å². The van der Waals surface area contributed by atoms with E-state index in [1.54, 1.807) is 24.3 Å². The summed E-state index contributed by atoms with van der Waals surface area (Å²) < 4.78 is 4.80. The van der Waals surface area contributed by atoms with Crippen LogP contribution in [0.2, 0.25) is 5.02 Å². The van der Waals surface area contributed by atoms with Gasteiger partial charge in [0.1, 0.15) is 0 Å². The number of benzene rings is 1. The van der Waals surface area contributed by atoms with Gasteiger partial charge in [0.15, 0.2) is 6.61 Å². The van der Waals surface area contributed by atoms with Crippen molar-refractivity contribution in [2.75, 3.05) is 36.5 Å². The lowest BCUT2D eigenvalue weighted by Crippen LogP contribution is -2.37. The van der Waals surface area contributed by atoms with Crippen molar-refractivity contribution in [1.29, 1.82) is 0 Å². The zero-order valence-electron chi connectivity index (χ0n) is 13.1. The van der Waals surface area contributed by atoms with E-state index in [2.05, 4.69) is 10.6 Å². The van der Waals surface area contributed by atoms with Gasteiger partial charge in [-0.05, 0) is 24.3 Å². The second-order valence-electron chi connectivity index (χ2n) is 4.99. The number of anilines is 1. The Hall–Kier alpha value is -2.26. The fraction of sp³-hybridized carbons (Fsp3) is 0.333. The maximum Gasteiger partial charge on any atom is 0.324 e. The van der Waals surface area contributed by atoms with Gasteiger partial charge in [-0.3, -0.25) is 19.3 Å². The SMILES string of the molecule is O=C(CSCC(=O)OCC(=O)N1CCNC1=O)Nc1ccc(Cl)cc1. The van der Waals surface area contributed by atoms with Gasteiger partial charge in [0, 0.05) is 23.8 Å². The number of amides is 4. The van der Waals surface area contributed by atoms with Gasteiger partial charge in [-0.25, -0.2) is 4.79 Å². The highest BCUT2D eigenvalue weighted by Gasteiger charge is 2.26. The molecule has 0 unspecified atom stereocenters. The minimum atomic E-state index is -0.628. The largest absolute Gasteiger partial charge is 0.455 e. The number of ether oxygens (including phenoxy) is 1. The summed E-state index contributed by atoms with van der Waals surface area (Å²) in [4.78, 5) is 47.2. The molecule has 1 aromatic carbocycles. The molecule has 10 heteroatoms. The third kappa shape index (κ3) is 6.28. The van der Waals surface area contributed by atoms with Gasteiger partial charge in [-0.1, -0.05) is 11.6 Å². The highest BCUT2D eigenvalue weighted by Crippen LogP contribution is 2.13. The van der Waals surface area contributed by atoms with Gasteiger partial charge < -0.3 is 15.4 Å². The highest BCUT2D eigenvalue weighted by molar-refractivity contribution is 8.00. The smallest absolute Gasteiger partial charge is 0.324 e. The molecule has 1 fully saturated rings. The van der Waals surface area contributed by atoms with Crippen molar-refractivity contribution in [2.24, 2.45) is 0 Å². The van der Waals surface area contributed by atoms with Crippen LogP contribution in [0.1, 0.15) is 0 Å². The molecule has 1 aromatic rings. The first-order valence-corrected chi connectivity index (χ1v) is 8.86. The number of rotatable bonds is 7. The van der Waals surface area contributed by atoms with E-state index in [0.717, 1.165) is 16.7 Å². The molecule has 4 amide bonds. The van der Waals surface area contributed by atoms with E-state index >= 15 is 0 Å². The number of urea groups is 1. The van der Waals surface area contributed by atoms with E-state index in [9.17, 15) is 19.2 Å². The van der Waals surface area contributed by atoms with E-state index in [4.69, 9.17) is 16.3 Å². The van der Waals surface area contributed by atoms with Crippen LogP contribution >= 0.6 is 23.4 Å². The van der Waals surface area contributed by atoms with E-state index < -0.39 is 24.5 Å². The summed E-state index contributed by atoms with van der Waals surface area (Å²) in [6, 6.07) is 6.14. The van der Waals surface area contributed by atoms with E-state index in [0.29, 0.717) is 17.3 Å². The Balaban J connectivity index is 1.61. The number of halogens is 1. The van der Waals surface area contributed by atoms with Crippen LogP contribution in [0, 0.1) is 0 Å². The van der Waals surface area contributed by atoms with Gasteiger partial charge >= 0.3 is 12.0 Å². The Kier molecular flexibility index (Phi) is 7.08. The second kappa shape index (κ2) is 9.28. The van der Waals surface area contributed by atoms with Gasteiger partial charge in [-0.15, -0.1) is 11.8 Å². The maximum absolute atomic E-state index is 11.7. The first kappa shape index (κ1) is 19.1. The van der Waals surface area contributed by atoms with Gasteiger partial charge in [0.05, 0.1) is 11.5 Å².